The number of hydrogen-bond acceptors (Lipinski definition) is 3. The molecule has 1 aromatic carbocycles. The van der Waals surface area contributed by atoms with Crippen molar-refractivity contribution in [3.63, 3.8) is 0 Å². The summed E-state index contributed by atoms with van der Waals surface area (Å²) in [7, 11) is 0. The highest BCUT2D eigenvalue weighted by atomic mass is 16.4. The van der Waals surface area contributed by atoms with E-state index < -0.39 is 11.5 Å². The molecule has 0 radical (unpaired) electrons. The number of benzene rings is 1. The normalized spacial score (nSPS) is 17.6. The zero-order chi connectivity index (χ0) is 14.0. The van der Waals surface area contributed by atoms with E-state index in [1.807, 2.05) is 18.2 Å². The van der Waals surface area contributed by atoms with Crippen LogP contribution in [0.2, 0.25) is 0 Å². The van der Waals surface area contributed by atoms with E-state index in [0.717, 1.165) is 12.8 Å². The molecule has 0 aliphatic heterocycles. The summed E-state index contributed by atoms with van der Waals surface area (Å²) in [6.07, 6.45) is 1.70. The first kappa shape index (κ1) is 13.5. The van der Waals surface area contributed by atoms with Crippen LogP contribution in [0.15, 0.2) is 30.3 Å². The van der Waals surface area contributed by atoms with Crippen LogP contribution < -0.4 is 5.73 Å². The van der Waals surface area contributed by atoms with Crippen molar-refractivity contribution in [1.29, 1.82) is 0 Å². The molecule has 0 bridgehead atoms. The monoisotopic (exact) mass is 262 g/mol. The number of rotatable bonds is 5. The van der Waals surface area contributed by atoms with Crippen LogP contribution >= 0.6 is 0 Å². The van der Waals surface area contributed by atoms with E-state index in [0.29, 0.717) is 5.56 Å². The molecular formula is C14H18N2O3. The molecule has 1 aliphatic carbocycles. The molecule has 1 aliphatic rings. The second kappa shape index (κ2) is 5.01. The van der Waals surface area contributed by atoms with Crippen LogP contribution in [0.1, 0.15) is 25.3 Å². The molecule has 0 heterocycles. The molecule has 19 heavy (non-hydrogen) atoms. The minimum Gasteiger partial charge on any atom is -0.480 e. The van der Waals surface area contributed by atoms with Crippen molar-refractivity contribution in [2.45, 2.75) is 31.3 Å². The summed E-state index contributed by atoms with van der Waals surface area (Å²) in [5.41, 5.74) is 5.64. The van der Waals surface area contributed by atoms with Crippen LogP contribution in [0.25, 0.3) is 0 Å². The van der Waals surface area contributed by atoms with Gasteiger partial charge in [-0.25, -0.2) is 0 Å². The van der Waals surface area contributed by atoms with Crippen LogP contribution in [0.4, 0.5) is 0 Å². The zero-order valence-corrected chi connectivity index (χ0v) is 10.9. The van der Waals surface area contributed by atoms with Crippen molar-refractivity contribution in [2.24, 2.45) is 5.73 Å². The Morgan fingerprint density at radius 3 is 2.42 bits per heavy atom. The summed E-state index contributed by atoms with van der Waals surface area (Å²) in [4.78, 5) is 24.8. The molecule has 0 saturated heterocycles. The summed E-state index contributed by atoms with van der Waals surface area (Å²) in [6, 6.07) is 9.06. The number of nitrogens with two attached hydrogens (primary N) is 1. The Morgan fingerprint density at radius 1 is 1.37 bits per heavy atom. The molecule has 1 saturated carbocycles. The molecule has 5 heteroatoms. The molecule has 1 amide bonds. The van der Waals surface area contributed by atoms with E-state index in [-0.39, 0.29) is 18.5 Å². The maximum absolute atomic E-state index is 12.5. The van der Waals surface area contributed by atoms with E-state index in [9.17, 15) is 9.59 Å². The lowest BCUT2D eigenvalue weighted by Gasteiger charge is -2.31. The van der Waals surface area contributed by atoms with E-state index in [1.54, 1.807) is 19.1 Å². The molecule has 1 aromatic rings. The molecule has 102 valence electrons. The molecule has 1 fully saturated rings. The maximum atomic E-state index is 12.5. The highest BCUT2D eigenvalue weighted by Crippen LogP contribution is 2.30. The average molecular weight is 262 g/mol. The highest BCUT2D eigenvalue weighted by molar-refractivity contribution is 5.90. The van der Waals surface area contributed by atoms with E-state index in [1.165, 1.54) is 4.90 Å². The summed E-state index contributed by atoms with van der Waals surface area (Å²) in [5.74, 6) is -1.34. The average Bonchev–Trinajstić information content (AvgIpc) is 3.20. The van der Waals surface area contributed by atoms with Gasteiger partial charge < -0.3 is 15.7 Å². The first-order valence-electron chi connectivity index (χ1n) is 6.30. The first-order chi connectivity index (χ1) is 8.93. The van der Waals surface area contributed by atoms with Gasteiger partial charge in [-0.1, -0.05) is 30.3 Å². The lowest BCUT2D eigenvalue weighted by molar-refractivity contribution is -0.147. The lowest BCUT2D eigenvalue weighted by atomic mass is 9.91. The van der Waals surface area contributed by atoms with Gasteiger partial charge in [0.05, 0.1) is 0 Å². The summed E-state index contributed by atoms with van der Waals surface area (Å²) < 4.78 is 0. The predicted molar refractivity (Wildman–Crippen MR) is 70.4 cm³/mol. The lowest BCUT2D eigenvalue weighted by Crippen LogP contribution is -2.53. The van der Waals surface area contributed by atoms with Gasteiger partial charge in [-0.2, -0.15) is 0 Å². The SMILES string of the molecule is CC(N)(C(=O)N(CC(=O)O)C1CC1)c1ccccc1. The second-order valence-electron chi connectivity index (χ2n) is 5.13. The molecule has 5 nitrogen and oxygen atoms in total. The Hall–Kier alpha value is -1.88. The molecule has 1 unspecified atom stereocenters. The number of carboxylic acids is 1. The number of nitrogens with zero attached hydrogens (tertiary/aromatic N) is 1. The Kier molecular flexibility index (Phi) is 3.57. The van der Waals surface area contributed by atoms with Crippen LogP contribution in [-0.4, -0.2) is 34.5 Å². The molecular weight excluding hydrogens is 244 g/mol. The van der Waals surface area contributed by atoms with E-state index in [4.69, 9.17) is 10.8 Å². The number of amides is 1. The van der Waals surface area contributed by atoms with Gasteiger partial charge in [-0.15, -0.1) is 0 Å². The van der Waals surface area contributed by atoms with Gasteiger partial charge in [0.15, 0.2) is 0 Å². The van der Waals surface area contributed by atoms with Crippen LogP contribution in [0.5, 0.6) is 0 Å². The maximum Gasteiger partial charge on any atom is 0.323 e. The first-order valence-corrected chi connectivity index (χ1v) is 6.30. The van der Waals surface area contributed by atoms with E-state index in [2.05, 4.69) is 0 Å². The summed E-state index contributed by atoms with van der Waals surface area (Å²) in [5, 5.41) is 8.91. The number of hydrogen-bond donors (Lipinski definition) is 2. The zero-order valence-electron chi connectivity index (χ0n) is 10.9. The Balaban J connectivity index is 2.23. The Bertz CT molecular complexity index is 481. The number of carbonyl (C=O) groups excluding carboxylic acids is 1. The van der Waals surface area contributed by atoms with Gasteiger partial charge in [-0.05, 0) is 25.3 Å². The van der Waals surface area contributed by atoms with Crippen molar-refractivity contribution < 1.29 is 14.7 Å². The third-order valence-corrected chi connectivity index (χ3v) is 3.37. The number of aliphatic carboxylic acids is 1. The standard InChI is InChI=1S/C14H18N2O3/c1-14(15,10-5-3-2-4-6-10)13(19)16(9-12(17)18)11-7-8-11/h2-6,11H,7-9,15H2,1H3,(H,17,18). The minimum atomic E-state index is -1.20. The third kappa shape index (κ3) is 2.93. The molecule has 2 rings (SSSR count). The van der Waals surface area contributed by atoms with Crippen LogP contribution in [0.3, 0.4) is 0 Å². The van der Waals surface area contributed by atoms with Crippen molar-refractivity contribution in [3.8, 4) is 0 Å². The summed E-state index contributed by atoms with van der Waals surface area (Å²) in [6.45, 7) is 1.34. The second-order valence-corrected chi connectivity index (χ2v) is 5.13. The third-order valence-electron chi connectivity index (χ3n) is 3.37. The van der Waals surface area contributed by atoms with Gasteiger partial charge in [0.1, 0.15) is 12.1 Å². The van der Waals surface area contributed by atoms with Crippen molar-refractivity contribution in [3.05, 3.63) is 35.9 Å². The quantitative estimate of drug-likeness (QED) is 0.827. The van der Waals surface area contributed by atoms with Crippen LogP contribution in [-0.2, 0) is 15.1 Å². The predicted octanol–water partition coefficient (Wildman–Crippen LogP) is 0.936. The highest BCUT2D eigenvalue weighted by Gasteiger charge is 2.41. The van der Waals surface area contributed by atoms with Gasteiger partial charge in [-0.3, -0.25) is 9.59 Å². The number of carbonyl (C=O) groups is 2. The van der Waals surface area contributed by atoms with Crippen molar-refractivity contribution >= 4 is 11.9 Å². The summed E-state index contributed by atoms with van der Waals surface area (Å²) >= 11 is 0. The Morgan fingerprint density at radius 2 is 1.95 bits per heavy atom. The molecule has 1 atom stereocenters. The number of carboxylic acid groups (broad SMARTS) is 1. The molecule has 3 N–H and O–H groups in total. The topological polar surface area (TPSA) is 83.6 Å². The van der Waals surface area contributed by atoms with Gasteiger partial charge in [0, 0.05) is 6.04 Å². The fraction of sp³-hybridized carbons (Fsp3) is 0.429. The van der Waals surface area contributed by atoms with Gasteiger partial charge >= 0.3 is 5.97 Å². The fourth-order valence-corrected chi connectivity index (χ4v) is 2.10. The largest absolute Gasteiger partial charge is 0.480 e. The van der Waals surface area contributed by atoms with Crippen LogP contribution in [0, 0.1) is 0 Å². The van der Waals surface area contributed by atoms with Crippen molar-refractivity contribution in [1.82, 2.24) is 4.90 Å². The van der Waals surface area contributed by atoms with Gasteiger partial charge in [0.2, 0.25) is 5.91 Å². The molecule has 0 aromatic heterocycles. The van der Waals surface area contributed by atoms with Gasteiger partial charge in [0.25, 0.3) is 0 Å². The molecule has 0 spiro atoms. The van der Waals surface area contributed by atoms with Crippen molar-refractivity contribution in [2.75, 3.05) is 6.54 Å². The fourth-order valence-electron chi connectivity index (χ4n) is 2.10. The van der Waals surface area contributed by atoms with E-state index >= 15 is 0 Å². The Labute approximate surface area is 112 Å². The minimum absolute atomic E-state index is 0.0233. The smallest absolute Gasteiger partial charge is 0.323 e.